The first-order valence-corrected chi connectivity index (χ1v) is 10.0. The number of benzene rings is 2. The van der Waals surface area contributed by atoms with E-state index < -0.39 is 29.3 Å². The van der Waals surface area contributed by atoms with Crippen molar-refractivity contribution in [1.29, 1.82) is 0 Å². The normalized spacial score (nSPS) is 15.2. The summed E-state index contributed by atoms with van der Waals surface area (Å²) < 4.78 is 15.3. The summed E-state index contributed by atoms with van der Waals surface area (Å²) in [6.45, 7) is -0.657. The van der Waals surface area contributed by atoms with Gasteiger partial charge in [0.2, 0.25) is 5.91 Å². The highest BCUT2D eigenvalue weighted by Crippen LogP contribution is 2.35. The fraction of sp³-hybridized carbons (Fsp3) is 0.286. The average Bonchev–Trinajstić information content (AvgIpc) is 3.18. The molecule has 1 heterocycles. The molecular formula is C21H20ClN3O8. The fourth-order valence-corrected chi connectivity index (χ4v) is 3.48. The van der Waals surface area contributed by atoms with E-state index in [9.17, 15) is 24.5 Å². The SMILES string of the molecule is COc1ccc([N+](=O)[O-])c(NC(=O)COC(=O)[C@@H]2CC(=O)N(c3cc(Cl)ccc3OC)C2)c1. The van der Waals surface area contributed by atoms with Crippen LogP contribution < -0.4 is 19.7 Å². The summed E-state index contributed by atoms with van der Waals surface area (Å²) >= 11 is 6.02. The number of nitrogens with zero attached hydrogens (tertiary/aromatic N) is 2. The zero-order chi connectivity index (χ0) is 24.1. The molecule has 33 heavy (non-hydrogen) atoms. The van der Waals surface area contributed by atoms with Gasteiger partial charge in [-0.1, -0.05) is 11.6 Å². The first-order chi connectivity index (χ1) is 15.7. The maximum atomic E-state index is 12.5. The quantitative estimate of drug-likeness (QED) is 0.348. The van der Waals surface area contributed by atoms with Gasteiger partial charge in [-0.05, 0) is 24.3 Å². The van der Waals surface area contributed by atoms with Gasteiger partial charge < -0.3 is 24.4 Å². The van der Waals surface area contributed by atoms with Gasteiger partial charge in [0, 0.05) is 30.1 Å². The highest BCUT2D eigenvalue weighted by molar-refractivity contribution is 6.31. The van der Waals surface area contributed by atoms with Crippen LogP contribution in [0.3, 0.4) is 0 Å². The van der Waals surface area contributed by atoms with E-state index in [4.69, 9.17) is 25.8 Å². The van der Waals surface area contributed by atoms with E-state index in [1.807, 2.05) is 0 Å². The molecule has 0 bridgehead atoms. The van der Waals surface area contributed by atoms with E-state index in [0.717, 1.165) is 0 Å². The Labute approximate surface area is 193 Å². The Kier molecular flexibility index (Phi) is 7.34. The van der Waals surface area contributed by atoms with E-state index in [1.165, 1.54) is 37.3 Å². The molecule has 0 radical (unpaired) electrons. The minimum Gasteiger partial charge on any atom is -0.497 e. The van der Waals surface area contributed by atoms with Crippen molar-refractivity contribution in [2.24, 2.45) is 5.92 Å². The summed E-state index contributed by atoms with van der Waals surface area (Å²) in [5.41, 5.74) is -0.0213. The predicted molar refractivity (Wildman–Crippen MR) is 118 cm³/mol. The number of anilines is 2. The van der Waals surface area contributed by atoms with Crippen LogP contribution in [0.15, 0.2) is 36.4 Å². The number of ether oxygens (including phenoxy) is 3. The Morgan fingerprint density at radius 1 is 1.21 bits per heavy atom. The number of hydrogen-bond acceptors (Lipinski definition) is 8. The Balaban J connectivity index is 1.62. The summed E-state index contributed by atoms with van der Waals surface area (Å²) in [6.07, 6.45) is -0.114. The summed E-state index contributed by atoms with van der Waals surface area (Å²) in [4.78, 5) is 49.0. The molecule has 1 saturated heterocycles. The highest BCUT2D eigenvalue weighted by Gasteiger charge is 2.37. The van der Waals surface area contributed by atoms with Crippen molar-refractivity contribution in [3.05, 3.63) is 51.5 Å². The monoisotopic (exact) mass is 477 g/mol. The first kappa shape index (κ1) is 23.8. The van der Waals surface area contributed by atoms with Crippen molar-refractivity contribution in [2.45, 2.75) is 6.42 Å². The first-order valence-electron chi connectivity index (χ1n) is 9.66. The molecule has 1 fully saturated rings. The average molecular weight is 478 g/mol. The van der Waals surface area contributed by atoms with Crippen molar-refractivity contribution in [1.82, 2.24) is 0 Å². The zero-order valence-corrected chi connectivity index (χ0v) is 18.5. The molecule has 0 aliphatic carbocycles. The van der Waals surface area contributed by atoms with Crippen molar-refractivity contribution in [3.63, 3.8) is 0 Å². The number of nitrogens with one attached hydrogen (secondary N) is 1. The number of hydrogen-bond donors (Lipinski definition) is 1. The summed E-state index contributed by atoms with van der Waals surface area (Å²) in [6, 6.07) is 8.62. The lowest BCUT2D eigenvalue weighted by atomic mass is 10.1. The van der Waals surface area contributed by atoms with Gasteiger partial charge in [-0.3, -0.25) is 24.5 Å². The second-order valence-electron chi connectivity index (χ2n) is 7.02. The van der Waals surface area contributed by atoms with Crippen LogP contribution >= 0.6 is 11.6 Å². The van der Waals surface area contributed by atoms with Gasteiger partial charge in [0.15, 0.2) is 6.61 Å². The van der Waals surface area contributed by atoms with Gasteiger partial charge in [0.25, 0.3) is 11.6 Å². The number of methoxy groups -OCH3 is 2. The third-order valence-corrected chi connectivity index (χ3v) is 5.15. The number of amides is 2. The molecule has 12 heteroatoms. The summed E-state index contributed by atoms with van der Waals surface area (Å²) in [5.74, 6) is -1.94. The van der Waals surface area contributed by atoms with Crippen LogP contribution in [0.5, 0.6) is 11.5 Å². The lowest BCUT2D eigenvalue weighted by Crippen LogP contribution is -2.28. The molecule has 2 aromatic carbocycles. The molecule has 11 nitrogen and oxygen atoms in total. The van der Waals surface area contributed by atoms with E-state index >= 15 is 0 Å². The Hall–Kier alpha value is -3.86. The van der Waals surface area contributed by atoms with Gasteiger partial charge in [0.1, 0.15) is 17.2 Å². The number of esters is 1. The minimum absolute atomic E-state index is 0.0251. The largest absolute Gasteiger partial charge is 0.497 e. The standard InChI is InChI=1S/C21H20ClN3O8/c1-31-14-4-5-16(25(29)30)15(9-14)23-19(26)11-33-21(28)12-7-20(27)24(10-12)17-8-13(22)3-6-18(17)32-2/h3-6,8-9,12H,7,10-11H2,1-2H3,(H,23,26)/t12-/m1/s1. The van der Waals surface area contributed by atoms with Gasteiger partial charge in [0.05, 0.1) is 30.7 Å². The molecule has 0 saturated carbocycles. The van der Waals surface area contributed by atoms with Gasteiger partial charge in [-0.15, -0.1) is 0 Å². The number of nitro groups is 1. The minimum atomic E-state index is -0.805. The summed E-state index contributed by atoms with van der Waals surface area (Å²) in [7, 11) is 2.82. The maximum absolute atomic E-state index is 12.5. The number of carbonyl (C=O) groups excluding carboxylic acids is 3. The fourth-order valence-electron chi connectivity index (χ4n) is 3.31. The number of nitro benzene ring substituents is 1. The van der Waals surface area contributed by atoms with E-state index in [0.29, 0.717) is 22.2 Å². The molecule has 1 aliphatic rings. The van der Waals surface area contributed by atoms with Crippen molar-refractivity contribution < 1.29 is 33.5 Å². The Bertz CT molecular complexity index is 1110. The smallest absolute Gasteiger partial charge is 0.311 e. The highest BCUT2D eigenvalue weighted by atomic mass is 35.5. The molecule has 0 unspecified atom stereocenters. The van der Waals surface area contributed by atoms with Crippen LogP contribution in [0.4, 0.5) is 17.1 Å². The molecule has 3 rings (SSSR count). The second-order valence-corrected chi connectivity index (χ2v) is 7.45. The van der Waals surface area contributed by atoms with Gasteiger partial charge in [-0.25, -0.2) is 0 Å². The molecule has 1 N–H and O–H groups in total. The van der Waals surface area contributed by atoms with Gasteiger partial charge in [-0.2, -0.15) is 0 Å². The topological polar surface area (TPSA) is 137 Å². The zero-order valence-electron chi connectivity index (χ0n) is 17.7. The molecule has 1 aliphatic heterocycles. The van der Waals surface area contributed by atoms with Crippen LogP contribution in [-0.2, 0) is 19.1 Å². The van der Waals surface area contributed by atoms with E-state index in [-0.39, 0.29) is 30.2 Å². The lowest BCUT2D eigenvalue weighted by Gasteiger charge is -2.19. The molecular weight excluding hydrogens is 458 g/mol. The Morgan fingerprint density at radius 2 is 1.97 bits per heavy atom. The van der Waals surface area contributed by atoms with Crippen molar-refractivity contribution in [3.8, 4) is 11.5 Å². The third-order valence-electron chi connectivity index (χ3n) is 4.91. The maximum Gasteiger partial charge on any atom is 0.311 e. The summed E-state index contributed by atoms with van der Waals surface area (Å²) in [5, 5.41) is 13.9. The van der Waals surface area contributed by atoms with E-state index in [1.54, 1.807) is 18.2 Å². The van der Waals surface area contributed by atoms with Crippen LogP contribution in [0.2, 0.25) is 5.02 Å². The van der Waals surface area contributed by atoms with Gasteiger partial charge >= 0.3 is 5.97 Å². The molecule has 2 aromatic rings. The van der Waals surface area contributed by atoms with Crippen LogP contribution in [0.1, 0.15) is 6.42 Å². The second kappa shape index (κ2) is 10.2. The lowest BCUT2D eigenvalue weighted by molar-refractivity contribution is -0.383. The molecule has 1 atom stereocenters. The van der Waals surface area contributed by atoms with Crippen LogP contribution in [0, 0.1) is 16.0 Å². The van der Waals surface area contributed by atoms with Crippen molar-refractivity contribution >= 4 is 46.4 Å². The molecule has 0 spiro atoms. The van der Waals surface area contributed by atoms with Crippen LogP contribution in [-0.4, -0.2) is 50.1 Å². The molecule has 2 amide bonds. The Morgan fingerprint density at radius 3 is 2.64 bits per heavy atom. The number of rotatable bonds is 8. The number of halogens is 1. The van der Waals surface area contributed by atoms with Crippen molar-refractivity contribution in [2.75, 3.05) is 37.6 Å². The van der Waals surface area contributed by atoms with Crippen LogP contribution in [0.25, 0.3) is 0 Å². The third kappa shape index (κ3) is 5.50. The predicted octanol–water partition coefficient (Wildman–Crippen LogP) is 2.80. The number of carbonyl (C=O) groups is 3. The molecule has 174 valence electrons. The molecule has 0 aromatic heterocycles. The van der Waals surface area contributed by atoms with E-state index in [2.05, 4.69) is 5.32 Å².